The normalized spacial score (nSPS) is 12.5. The second kappa shape index (κ2) is 8.25. The maximum absolute atomic E-state index is 12.6. The second-order valence-electron chi connectivity index (χ2n) is 7.70. The standard InChI is InChI=1S/C22H25N5O4/c1-12(2)19(24-17(28)10-30-16-8-6-15(29-5)7-9-16)20-25-21-18-13(3)14(4)31-22(18)23-11-27(21)26-20/h6-9,11-12,19H,10H2,1-5H3,(H,24,28)/t19-/m0/s1. The number of aryl methyl sites for hydroxylation is 2. The largest absolute Gasteiger partial charge is 0.497 e. The van der Waals surface area contributed by atoms with E-state index in [2.05, 4.69) is 15.4 Å². The third-order valence-corrected chi connectivity index (χ3v) is 5.21. The smallest absolute Gasteiger partial charge is 0.258 e. The summed E-state index contributed by atoms with van der Waals surface area (Å²) in [6.45, 7) is 7.75. The lowest BCUT2D eigenvalue weighted by molar-refractivity contribution is -0.124. The molecule has 0 unspecified atom stereocenters. The molecule has 9 nitrogen and oxygen atoms in total. The molecule has 0 aliphatic rings. The Kier molecular flexibility index (Phi) is 5.50. The molecule has 0 saturated heterocycles. The van der Waals surface area contributed by atoms with Crippen molar-refractivity contribution in [3.63, 3.8) is 0 Å². The summed E-state index contributed by atoms with van der Waals surface area (Å²) in [6.07, 6.45) is 1.57. The summed E-state index contributed by atoms with van der Waals surface area (Å²) in [4.78, 5) is 21.6. The summed E-state index contributed by atoms with van der Waals surface area (Å²) in [6, 6.07) is 6.68. The van der Waals surface area contributed by atoms with Gasteiger partial charge in [0.25, 0.3) is 5.91 Å². The van der Waals surface area contributed by atoms with Crippen molar-refractivity contribution < 1.29 is 18.7 Å². The number of carbonyl (C=O) groups is 1. The van der Waals surface area contributed by atoms with Crippen molar-refractivity contribution in [1.82, 2.24) is 24.9 Å². The van der Waals surface area contributed by atoms with Crippen LogP contribution in [0.15, 0.2) is 35.0 Å². The van der Waals surface area contributed by atoms with E-state index in [0.717, 1.165) is 22.5 Å². The summed E-state index contributed by atoms with van der Waals surface area (Å²) >= 11 is 0. The van der Waals surface area contributed by atoms with Crippen LogP contribution in [0.1, 0.15) is 37.0 Å². The van der Waals surface area contributed by atoms with Gasteiger partial charge in [-0.2, -0.15) is 0 Å². The molecule has 1 N–H and O–H groups in total. The Morgan fingerprint density at radius 3 is 2.58 bits per heavy atom. The van der Waals surface area contributed by atoms with E-state index in [1.807, 2.05) is 27.7 Å². The summed E-state index contributed by atoms with van der Waals surface area (Å²) in [5.74, 6) is 2.43. The van der Waals surface area contributed by atoms with E-state index in [1.54, 1.807) is 42.2 Å². The first kappa shape index (κ1) is 20.6. The first-order valence-electron chi connectivity index (χ1n) is 10.0. The number of hydrogen-bond donors (Lipinski definition) is 1. The minimum absolute atomic E-state index is 0.0676. The number of methoxy groups -OCH3 is 1. The molecule has 3 heterocycles. The fourth-order valence-electron chi connectivity index (χ4n) is 3.36. The van der Waals surface area contributed by atoms with Crippen LogP contribution >= 0.6 is 0 Å². The maximum atomic E-state index is 12.6. The topological polar surface area (TPSA) is 104 Å². The zero-order valence-corrected chi connectivity index (χ0v) is 18.2. The average molecular weight is 423 g/mol. The van der Waals surface area contributed by atoms with Crippen molar-refractivity contribution >= 4 is 22.7 Å². The van der Waals surface area contributed by atoms with E-state index in [-0.39, 0.29) is 24.5 Å². The molecule has 0 radical (unpaired) electrons. The number of furan rings is 1. The molecule has 1 amide bonds. The molecule has 3 aromatic heterocycles. The van der Waals surface area contributed by atoms with E-state index in [0.29, 0.717) is 22.9 Å². The van der Waals surface area contributed by atoms with E-state index in [1.165, 1.54) is 0 Å². The highest BCUT2D eigenvalue weighted by Crippen LogP contribution is 2.28. The van der Waals surface area contributed by atoms with E-state index in [9.17, 15) is 4.79 Å². The predicted octanol–water partition coefficient (Wildman–Crippen LogP) is 3.39. The maximum Gasteiger partial charge on any atom is 0.258 e. The van der Waals surface area contributed by atoms with Crippen LogP contribution in [0, 0.1) is 19.8 Å². The summed E-state index contributed by atoms with van der Waals surface area (Å²) in [7, 11) is 1.60. The first-order valence-corrected chi connectivity index (χ1v) is 10.0. The molecule has 162 valence electrons. The van der Waals surface area contributed by atoms with Gasteiger partial charge in [0, 0.05) is 5.56 Å². The van der Waals surface area contributed by atoms with Gasteiger partial charge in [-0.05, 0) is 44.0 Å². The van der Waals surface area contributed by atoms with Crippen LogP contribution in [-0.4, -0.2) is 39.2 Å². The van der Waals surface area contributed by atoms with Crippen molar-refractivity contribution in [3.8, 4) is 11.5 Å². The number of ether oxygens (including phenoxy) is 2. The molecule has 0 aliphatic carbocycles. The fourth-order valence-corrected chi connectivity index (χ4v) is 3.36. The summed E-state index contributed by atoms with van der Waals surface area (Å²) in [5, 5.41) is 8.37. The van der Waals surface area contributed by atoms with Gasteiger partial charge in [-0.3, -0.25) is 4.79 Å². The summed E-state index contributed by atoms with van der Waals surface area (Å²) < 4.78 is 18.0. The monoisotopic (exact) mass is 423 g/mol. The molecule has 0 spiro atoms. The number of carbonyl (C=O) groups excluding carboxylic acids is 1. The SMILES string of the molecule is COc1ccc(OCC(=O)N[C@H](c2nc3c4c(C)c(C)oc4ncn3n2)C(C)C)cc1. The lowest BCUT2D eigenvalue weighted by Crippen LogP contribution is -2.35. The number of amides is 1. The Bertz CT molecular complexity index is 1230. The molecular formula is C22H25N5O4. The number of hydrogen-bond acceptors (Lipinski definition) is 7. The van der Waals surface area contributed by atoms with Gasteiger partial charge in [0.05, 0.1) is 18.5 Å². The number of benzene rings is 1. The Balaban J connectivity index is 1.53. The second-order valence-corrected chi connectivity index (χ2v) is 7.70. The van der Waals surface area contributed by atoms with E-state index in [4.69, 9.17) is 18.9 Å². The minimum atomic E-state index is -0.379. The number of aromatic nitrogens is 4. The van der Waals surface area contributed by atoms with Crippen molar-refractivity contribution in [3.05, 3.63) is 47.7 Å². The summed E-state index contributed by atoms with van der Waals surface area (Å²) in [5.41, 5.74) is 2.16. The van der Waals surface area contributed by atoms with Gasteiger partial charge in [0.1, 0.15) is 23.6 Å². The average Bonchev–Trinajstić information content (AvgIpc) is 3.31. The number of nitrogens with one attached hydrogen (secondary N) is 1. The molecule has 1 aromatic carbocycles. The lowest BCUT2D eigenvalue weighted by Gasteiger charge is -2.19. The molecule has 31 heavy (non-hydrogen) atoms. The van der Waals surface area contributed by atoms with Crippen molar-refractivity contribution in [2.75, 3.05) is 13.7 Å². The molecule has 0 aliphatic heterocycles. The van der Waals surface area contributed by atoms with E-state index >= 15 is 0 Å². The molecular weight excluding hydrogens is 398 g/mol. The van der Waals surface area contributed by atoms with Crippen LogP contribution in [0.2, 0.25) is 0 Å². The molecule has 0 bridgehead atoms. The zero-order valence-electron chi connectivity index (χ0n) is 18.2. The zero-order chi connectivity index (χ0) is 22.1. The predicted molar refractivity (Wildman–Crippen MR) is 114 cm³/mol. The third-order valence-electron chi connectivity index (χ3n) is 5.21. The Morgan fingerprint density at radius 1 is 1.19 bits per heavy atom. The van der Waals surface area contributed by atoms with Crippen LogP contribution < -0.4 is 14.8 Å². The highest BCUT2D eigenvalue weighted by molar-refractivity contribution is 5.91. The third kappa shape index (κ3) is 4.03. The van der Waals surface area contributed by atoms with Gasteiger partial charge >= 0.3 is 0 Å². The molecule has 0 fully saturated rings. The highest BCUT2D eigenvalue weighted by Gasteiger charge is 2.25. The Morgan fingerprint density at radius 2 is 1.90 bits per heavy atom. The van der Waals surface area contributed by atoms with Gasteiger partial charge in [-0.25, -0.2) is 14.5 Å². The molecule has 0 saturated carbocycles. The first-order chi connectivity index (χ1) is 14.9. The van der Waals surface area contributed by atoms with E-state index < -0.39 is 0 Å². The van der Waals surface area contributed by atoms with Crippen LogP contribution in [0.4, 0.5) is 0 Å². The van der Waals surface area contributed by atoms with Crippen LogP contribution in [0.3, 0.4) is 0 Å². The van der Waals surface area contributed by atoms with Gasteiger partial charge in [0.15, 0.2) is 18.1 Å². The van der Waals surface area contributed by atoms with Crippen LogP contribution in [0.25, 0.3) is 16.7 Å². The molecule has 9 heteroatoms. The van der Waals surface area contributed by atoms with Gasteiger partial charge in [-0.1, -0.05) is 13.8 Å². The number of rotatable bonds is 7. The quantitative estimate of drug-likeness (QED) is 0.486. The van der Waals surface area contributed by atoms with Crippen molar-refractivity contribution in [2.24, 2.45) is 5.92 Å². The molecule has 1 atom stereocenters. The van der Waals surface area contributed by atoms with Gasteiger partial charge in [0.2, 0.25) is 5.71 Å². The minimum Gasteiger partial charge on any atom is -0.497 e. The van der Waals surface area contributed by atoms with Crippen LogP contribution in [-0.2, 0) is 4.79 Å². The van der Waals surface area contributed by atoms with Crippen molar-refractivity contribution in [2.45, 2.75) is 33.7 Å². The van der Waals surface area contributed by atoms with Gasteiger partial charge < -0.3 is 19.2 Å². The Labute approximate surface area is 179 Å². The Hall–Kier alpha value is -3.62. The number of fused-ring (bicyclic) bond motifs is 3. The van der Waals surface area contributed by atoms with Gasteiger partial charge in [-0.15, -0.1) is 5.10 Å². The lowest BCUT2D eigenvalue weighted by atomic mass is 10.0. The van der Waals surface area contributed by atoms with Crippen LogP contribution in [0.5, 0.6) is 11.5 Å². The highest BCUT2D eigenvalue weighted by atomic mass is 16.5. The van der Waals surface area contributed by atoms with Crippen molar-refractivity contribution in [1.29, 1.82) is 0 Å². The fraction of sp³-hybridized carbons (Fsp3) is 0.364. The molecule has 4 rings (SSSR count). The number of nitrogens with zero attached hydrogens (tertiary/aromatic N) is 4. The molecule has 4 aromatic rings.